The average molecular weight is 235 g/mol. The van der Waals surface area contributed by atoms with Crippen LogP contribution in [0.2, 0.25) is 0 Å². The third-order valence-electron chi connectivity index (χ3n) is 1.99. The molecule has 1 rings (SSSR count). The highest BCUT2D eigenvalue weighted by Gasteiger charge is 2.05. The zero-order valence-corrected chi connectivity index (χ0v) is 9.50. The van der Waals surface area contributed by atoms with E-state index in [0.29, 0.717) is 30.9 Å². The van der Waals surface area contributed by atoms with Gasteiger partial charge in [-0.3, -0.25) is 0 Å². The second-order valence-electron chi connectivity index (χ2n) is 3.22. The van der Waals surface area contributed by atoms with Crippen LogP contribution in [0.3, 0.4) is 0 Å². The van der Waals surface area contributed by atoms with Gasteiger partial charge in [0.25, 0.3) is 0 Å². The van der Waals surface area contributed by atoms with E-state index in [2.05, 4.69) is 10.0 Å². The lowest BCUT2D eigenvalue weighted by molar-refractivity contribution is 0.0468. The fraction of sp³-hybridized carbons (Fsp3) is 0.364. The maximum absolute atomic E-state index is 11.5. The van der Waals surface area contributed by atoms with Crippen LogP contribution in [0.1, 0.15) is 16.8 Å². The van der Waals surface area contributed by atoms with Gasteiger partial charge in [0, 0.05) is 30.7 Å². The summed E-state index contributed by atoms with van der Waals surface area (Å²) in [4.78, 5) is 14.2. The van der Waals surface area contributed by atoms with Gasteiger partial charge < -0.3 is 9.47 Å². The third-order valence-corrected chi connectivity index (χ3v) is 1.99. The lowest BCUT2D eigenvalue weighted by atomic mass is 10.2. The standard InChI is InChI=1S/C11H13N3O3/c1-16-7-2-8-17-11(15)9-3-5-10(6-4-9)13-14-12/h3-6H,2,7-8H2,1H3. The number of rotatable bonds is 6. The van der Waals surface area contributed by atoms with Crippen molar-refractivity contribution >= 4 is 11.7 Å². The van der Waals surface area contributed by atoms with Crippen molar-refractivity contribution in [3.05, 3.63) is 40.3 Å². The van der Waals surface area contributed by atoms with Gasteiger partial charge in [-0.1, -0.05) is 17.2 Å². The Morgan fingerprint density at radius 3 is 2.65 bits per heavy atom. The molecule has 1 aromatic carbocycles. The van der Waals surface area contributed by atoms with E-state index < -0.39 is 5.97 Å². The van der Waals surface area contributed by atoms with Crippen molar-refractivity contribution in [1.82, 2.24) is 0 Å². The van der Waals surface area contributed by atoms with Crippen molar-refractivity contribution in [2.45, 2.75) is 6.42 Å². The molecule has 0 unspecified atom stereocenters. The summed E-state index contributed by atoms with van der Waals surface area (Å²) in [6.45, 7) is 0.883. The summed E-state index contributed by atoms with van der Waals surface area (Å²) in [5.74, 6) is -0.395. The van der Waals surface area contributed by atoms with Crippen molar-refractivity contribution in [2.24, 2.45) is 5.11 Å². The Bertz CT molecular complexity index is 410. The number of nitrogens with zero attached hydrogens (tertiary/aromatic N) is 3. The fourth-order valence-electron chi connectivity index (χ4n) is 1.17. The minimum absolute atomic E-state index is 0.324. The zero-order chi connectivity index (χ0) is 12.5. The number of hydrogen-bond acceptors (Lipinski definition) is 4. The summed E-state index contributed by atoms with van der Waals surface area (Å²) >= 11 is 0. The smallest absolute Gasteiger partial charge is 0.338 e. The summed E-state index contributed by atoms with van der Waals surface area (Å²) in [5.41, 5.74) is 9.11. The van der Waals surface area contributed by atoms with Crippen LogP contribution in [0.4, 0.5) is 5.69 Å². The molecule has 0 spiro atoms. The second kappa shape index (κ2) is 7.27. The molecule has 0 saturated carbocycles. The molecule has 0 aliphatic heterocycles. The largest absolute Gasteiger partial charge is 0.462 e. The molecule has 6 heteroatoms. The monoisotopic (exact) mass is 235 g/mol. The van der Waals surface area contributed by atoms with E-state index in [4.69, 9.17) is 15.0 Å². The highest BCUT2D eigenvalue weighted by molar-refractivity contribution is 5.89. The topological polar surface area (TPSA) is 84.3 Å². The van der Waals surface area contributed by atoms with Crippen LogP contribution in [-0.4, -0.2) is 26.3 Å². The Hall–Kier alpha value is -2.04. The van der Waals surface area contributed by atoms with Crippen LogP contribution >= 0.6 is 0 Å². The summed E-state index contributed by atoms with van der Waals surface area (Å²) < 4.78 is 9.84. The SMILES string of the molecule is COCCCOC(=O)c1ccc(N=[N+]=[N-])cc1. The number of ether oxygens (including phenoxy) is 2. The molecule has 90 valence electrons. The van der Waals surface area contributed by atoms with E-state index >= 15 is 0 Å². The van der Waals surface area contributed by atoms with Crippen LogP contribution in [0, 0.1) is 0 Å². The second-order valence-corrected chi connectivity index (χ2v) is 3.22. The van der Waals surface area contributed by atoms with E-state index in [0.717, 1.165) is 0 Å². The molecule has 0 fully saturated rings. The van der Waals surface area contributed by atoms with Gasteiger partial charge in [0.1, 0.15) is 0 Å². The molecule has 0 aliphatic rings. The molecule has 0 amide bonds. The van der Waals surface area contributed by atoms with Gasteiger partial charge in [-0.15, -0.1) is 0 Å². The van der Waals surface area contributed by atoms with Crippen molar-refractivity contribution in [1.29, 1.82) is 0 Å². The van der Waals surface area contributed by atoms with Gasteiger partial charge in [0.05, 0.1) is 12.2 Å². The first-order valence-electron chi connectivity index (χ1n) is 5.09. The summed E-state index contributed by atoms with van der Waals surface area (Å²) in [5, 5.41) is 3.41. The van der Waals surface area contributed by atoms with Crippen molar-refractivity contribution < 1.29 is 14.3 Å². The molecule has 0 bridgehead atoms. The number of hydrogen-bond donors (Lipinski definition) is 0. The summed E-state index contributed by atoms with van der Waals surface area (Å²) in [6.07, 6.45) is 0.666. The van der Waals surface area contributed by atoms with Gasteiger partial charge in [-0.25, -0.2) is 4.79 Å². The molecule has 0 aromatic heterocycles. The first-order valence-corrected chi connectivity index (χ1v) is 5.09. The maximum Gasteiger partial charge on any atom is 0.338 e. The van der Waals surface area contributed by atoms with Crippen LogP contribution < -0.4 is 0 Å². The molecule has 1 aromatic rings. The zero-order valence-electron chi connectivity index (χ0n) is 9.50. The predicted octanol–water partition coefficient (Wildman–Crippen LogP) is 2.82. The molecule has 0 aliphatic carbocycles. The quantitative estimate of drug-likeness (QED) is 0.250. The van der Waals surface area contributed by atoms with Gasteiger partial charge >= 0.3 is 5.97 Å². The number of methoxy groups -OCH3 is 1. The molecule has 0 radical (unpaired) electrons. The number of carbonyl (C=O) groups excluding carboxylic acids is 1. The lowest BCUT2D eigenvalue weighted by Crippen LogP contribution is -2.07. The maximum atomic E-state index is 11.5. The highest BCUT2D eigenvalue weighted by atomic mass is 16.5. The molecule has 0 heterocycles. The first-order chi connectivity index (χ1) is 8.27. The molecule has 17 heavy (non-hydrogen) atoms. The third kappa shape index (κ3) is 4.55. The Kier molecular flexibility index (Phi) is 5.57. The average Bonchev–Trinajstić information content (AvgIpc) is 2.36. The molecular formula is C11H13N3O3. The molecule has 0 N–H and O–H groups in total. The number of azide groups is 1. The molecule has 6 nitrogen and oxygen atoms in total. The first kappa shape index (κ1) is 13.0. The van der Waals surface area contributed by atoms with Crippen LogP contribution in [-0.2, 0) is 9.47 Å². The minimum atomic E-state index is -0.395. The van der Waals surface area contributed by atoms with E-state index in [1.807, 2.05) is 0 Å². The van der Waals surface area contributed by atoms with E-state index in [9.17, 15) is 4.79 Å². The van der Waals surface area contributed by atoms with Crippen LogP contribution in [0.5, 0.6) is 0 Å². The number of benzene rings is 1. The van der Waals surface area contributed by atoms with E-state index in [1.165, 1.54) is 0 Å². The molecule has 0 saturated heterocycles. The van der Waals surface area contributed by atoms with Crippen LogP contribution in [0.25, 0.3) is 10.4 Å². The van der Waals surface area contributed by atoms with Gasteiger partial charge in [0.15, 0.2) is 0 Å². The molecule has 0 atom stereocenters. The van der Waals surface area contributed by atoms with Crippen molar-refractivity contribution in [3.8, 4) is 0 Å². The van der Waals surface area contributed by atoms with Crippen molar-refractivity contribution in [2.75, 3.05) is 20.3 Å². The summed E-state index contributed by atoms with van der Waals surface area (Å²) in [7, 11) is 1.59. The highest BCUT2D eigenvalue weighted by Crippen LogP contribution is 2.13. The normalized spacial score (nSPS) is 9.47. The van der Waals surface area contributed by atoms with E-state index in [1.54, 1.807) is 31.4 Å². The lowest BCUT2D eigenvalue weighted by Gasteiger charge is -2.04. The predicted molar refractivity (Wildman–Crippen MR) is 62.0 cm³/mol. The summed E-state index contributed by atoms with van der Waals surface area (Å²) in [6, 6.07) is 6.24. The fourth-order valence-corrected chi connectivity index (χ4v) is 1.17. The number of esters is 1. The Morgan fingerprint density at radius 2 is 2.06 bits per heavy atom. The number of carbonyl (C=O) groups is 1. The Balaban J connectivity index is 2.49. The Morgan fingerprint density at radius 1 is 1.35 bits per heavy atom. The Labute approximate surface area is 98.8 Å². The van der Waals surface area contributed by atoms with Gasteiger partial charge in [-0.05, 0) is 17.7 Å². The van der Waals surface area contributed by atoms with Gasteiger partial charge in [0.2, 0.25) is 0 Å². The van der Waals surface area contributed by atoms with Gasteiger partial charge in [-0.2, -0.15) is 0 Å². The van der Waals surface area contributed by atoms with Crippen molar-refractivity contribution in [3.63, 3.8) is 0 Å². The van der Waals surface area contributed by atoms with E-state index in [-0.39, 0.29) is 0 Å². The minimum Gasteiger partial charge on any atom is -0.462 e. The molecular weight excluding hydrogens is 222 g/mol. The van der Waals surface area contributed by atoms with Crippen LogP contribution in [0.15, 0.2) is 29.4 Å².